The quantitative estimate of drug-likeness (QED) is 0.752. The van der Waals surface area contributed by atoms with Crippen LogP contribution in [0.2, 0.25) is 0 Å². The largest absolute Gasteiger partial charge is 0.476 e. The molecule has 0 spiro atoms. The van der Waals surface area contributed by atoms with Crippen LogP contribution in [0.25, 0.3) is 0 Å². The fourth-order valence-corrected chi connectivity index (χ4v) is 2.95. The van der Waals surface area contributed by atoms with Crippen molar-refractivity contribution in [2.75, 3.05) is 6.54 Å². The Morgan fingerprint density at radius 1 is 1.43 bits per heavy atom. The second-order valence-corrected chi connectivity index (χ2v) is 5.84. The number of carboxylic acids is 1. The van der Waals surface area contributed by atoms with Crippen molar-refractivity contribution in [3.63, 3.8) is 0 Å². The van der Waals surface area contributed by atoms with Gasteiger partial charge in [0.2, 0.25) is 0 Å². The monoisotopic (exact) mass is 326 g/mol. The number of carboxylic acid groups (broad SMARTS) is 1. The second kappa shape index (κ2) is 7.14. The van der Waals surface area contributed by atoms with E-state index in [0.29, 0.717) is 18.0 Å². The summed E-state index contributed by atoms with van der Waals surface area (Å²) < 4.78 is 0. The molecule has 9 heteroatoms. The number of amides is 2. The third kappa shape index (κ3) is 4.50. The van der Waals surface area contributed by atoms with Gasteiger partial charge in [0.25, 0.3) is 0 Å². The number of hydrogen-bond acceptors (Lipinski definition) is 6. The molecule has 0 saturated carbocycles. The molecule has 1 unspecified atom stereocenters. The lowest BCUT2D eigenvalue weighted by Crippen LogP contribution is -2.38. The van der Waals surface area contributed by atoms with Gasteiger partial charge in [-0.3, -0.25) is 0 Å². The molecule has 0 aliphatic heterocycles. The van der Waals surface area contributed by atoms with Gasteiger partial charge in [0, 0.05) is 23.7 Å². The average molecular weight is 326 g/mol. The zero-order valence-electron chi connectivity index (χ0n) is 11.2. The molecular formula is C12H14N4O3S2. The first-order valence-electron chi connectivity index (χ1n) is 6.16. The Kier molecular flexibility index (Phi) is 5.23. The summed E-state index contributed by atoms with van der Waals surface area (Å²) in [5, 5.41) is 18.2. The minimum absolute atomic E-state index is 0.00686. The van der Waals surface area contributed by atoms with E-state index in [1.54, 1.807) is 12.4 Å². The normalized spacial score (nSPS) is 11.9. The number of carbonyl (C=O) groups is 2. The fourth-order valence-electron chi connectivity index (χ4n) is 1.56. The molecule has 0 fully saturated rings. The molecule has 2 amide bonds. The molecule has 1 atom stereocenters. The lowest BCUT2D eigenvalue weighted by Gasteiger charge is -2.12. The molecule has 0 bridgehead atoms. The van der Waals surface area contributed by atoms with Crippen LogP contribution in [0.1, 0.15) is 34.2 Å². The Hall–Kier alpha value is -2.00. The maximum absolute atomic E-state index is 11.7. The Morgan fingerprint density at radius 3 is 2.86 bits per heavy atom. The van der Waals surface area contributed by atoms with E-state index < -0.39 is 5.97 Å². The smallest absolute Gasteiger partial charge is 0.355 e. The maximum Gasteiger partial charge on any atom is 0.355 e. The molecule has 2 aromatic heterocycles. The lowest BCUT2D eigenvalue weighted by molar-refractivity contribution is 0.0691. The first kappa shape index (κ1) is 15.4. The van der Waals surface area contributed by atoms with E-state index in [4.69, 9.17) is 5.11 Å². The summed E-state index contributed by atoms with van der Waals surface area (Å²) >= 11 is 2.72. The van der Waals surface area contributed by atoms with Crippen molar-refractivity contribution < 1.29 is 14.7 Å². The summed E-state index contributed by atoms with van der Waals surface area (Å²) in [5.41, 5.74) is 2.69. The summed E-state index contributed by atoms with van der Waals surface area (Å²) in [7, 11) is 0. The van der Waals surface area contributed by atoms with E-state index in [9.17, 15) is 9.59 Å². The molecule has 0 aliphatic rings. The average Bonchev–Trinajstić information content (AvgIpc) is 3.09. The summed E-state index contributed by atoms with van der Waals surface area (Å²) in [4.78, 5) is 30.5. The Morgan fingerprint density at radius 2 is 2.24 bits per heavy atom. The summed E-state index contributed by atoms with van der Waals surface area (Å²) in [5.74, 6) is -1.07. The van der Waals surface area contributed by atoms with Gasteiger partial charge in [0.05, 0.1) is 17.2 Å². The fraction of sp³-hybridized carbons (Fsp3) is 0.333. The molecule has 112 valence electrons. The number of rotatable bonds is 6. The zero-order valence-corrected chi connectivity index (χ0v) is 12.8. The number of nitrogens with zero attached hydrogens (tertiary/aromatic N) is 2. The highest BCUT2D eigenvalue weighted by Crippen LogP contribution is 2.17. The summed E-state index contributed by atoms with van der Waals surface area (Å²) in [6, 6.07) is -0.660. The molecule has 3 N–H and O–H groups in total. The van der Waals surface area contributed by atoms with Crippen LogP contribution in [-0.4, -0.2) is 33.6 Å². The van der Waals surface area contributed by atoms with Gasteiger partial charge in [-0.15, -0.1) is 22.7 Å². The molecule has 0 radical (unpaired) electrons. The van der Waals surface area contributed by atoms with Crippen LogP contribution in [-0.2, 0) is 6.42 Å². The number of aromatic nitrogens is 2. The molecule has 21 heavy (non-hydrogen) atoms. The summed E-state index contributed by atoms with van der Waals surface area (Å²) in [6.45, 7) is 2.24. The highest BCUT2D eigenvalue weighted by Gasteiger charge is 2.15. The topological polar surface area (TPSA) is 104 Å². The van der Waals surface area contributed by atoms with E-state index in [1.807, 2.05) is 5.38 Å². The van der Waals surface area contributed by atoms with Gasteiger partial charge >= 0.3 is 12.0 Å². The summed E-state index contributed by atoms with van der Waals surface area (Å²) in [6.07, 6.45) is 0.672. The number of nitrogens with one attached hydrogen (secondary N) is 2. The van der Waals surface area contributed by atoms with Crippen LogP contribution in [0.4, 0.5) is 4.79 Å². The van der Waals surface area contributed by atoms with Crippen molar-refractivity contribution in [3.8, 4) is 0 Å². The number of urea groups is 1. The lowest BCUT2D eigenvalue weighted by atomic mass is 10.3. The van der Waals surface area contributed by atoms with Crippen LogP contribution >= 0.6 is 22.7 Å². The Balaban J connectivity index is 1.77. The SMILES string of the molecule is CC(NC(=O)NCCc1cscn1)c1nc(C(=O)O)cs1. The highest BCUT2D eigenvalue weighted by atomic mass is 32.1. The number of hydrogen-bond donors (Lipinski definition) is 3. The standard InChI is InChI=1S/C12H14N4O3S2/c1-7(10-16-9(5-21-10)11(17)18)15-12(19)13-3-2-8-4-20-6-14-8/h4-7H,2-3H2,1H3,(H,17,18)(H2,13,15,19). The first-order chi connectivity index (χ1) is 10.1. The van der Waals surface area contributed by atoms with Crippen LogP contribution in [0.3, 0.4) is 0 Å². The molecule has 0 aromatic carbocycles. The van der Waals surface area contributed by atoms with Gasteiger partial charge in [0.1, 0.15) is 5.01 Å². The molecular weight excluding hydrogens is 312 g/mol. The molecule has 0 saturated heterocycles. The van der Waals surface area contributed by atoms with E-state index in [1.165, 1.54) is 28.1 Å². The molecule has 7 nitrogen and oxygen atoms in total. The van der Waals surface area contributed by atoms with Crippen molar-refractivity contribution >= 4 is 34.7 Å². The van der Waals surface area contributed by atoms with Crippen molar-refractivity contribution in [1.29, 1.82) is 0 Å². The maximum atomic E-state index is 11.7. The van der Waals surface area contributed by atoms with Gasteiger partial charge < -0.3 is 15.7 Å². The van der Waals surface area contributed by atoms with Gasteiger partial charge in [-0.2, -0.15) is 0 Å². The van der Waals surface area contributed by atoms with Crippen LogP contribution < -0.4 is 10.6 Å². The predicted octanol–water partition coefficient (Wildman–Crippen LogP) is 1.90. The van der Waals surface area contributed by atoms with Gasteiger partial charge in [-0.1, -0.05) is 0 Å². The molecule has 0 aliphatic carbocycles. The number of thiazole rings is 2. The van der Waals surface area contributed by atoms with Crippen LogP contribution in [0.15, 0.2) is 16.3 Å². The minimum Gasteiger partial charge on any atom is -0.476 e. The second-order valence-electron chi connectivity index (χ2n) is 4.23. The zero-order chi connectivity index (χ0) is 15.2. The number of aromatic carboxylic acids is 1. The van der Waals surface area contributed by atoms with Crippen LogP contribution in [0, 0.1) is 0 Å². The van der Waals surface area contributed by atoms with Crippen LogP contribution in [0.5, 0.6) is 0 Å². The third-order valence-corrected chi connectivity index (χ3v) is 4.27. The van der Waals surface area contributed by atoms with E-state index >= 15 is 0 Å². The third-order valence-electron chi connectivity index (χ3n) is 2.61. The number of carbonyl (C=O) groups excluding carboxylic acids is 1. The molecule has 2 heterocycles. The van der Waals surface area contributed by atoms with Crippen molar-refractivity contribution in [2.24, 2.45) is 0 Å². The Bertz CT molecular complexity index is 612. The highest BCUT2D eigenvalue weighted by molar-refractivity contribution is 7.09. The van der Waals surface area contributed by atoms with Crippen molar-refractivity contribution in [1.82, 2.24) is 20.6 Å². The van der Waals surface area contributed by atoms with Gasteiger partial charge in [-0.05, 0) is 6.92 Å². The van der Waals surface area contributed by atoms with Gasteiger partial charge in [0.15, 0.2) is 5.69 Å². The molecule has 2 rings (SSSR count). The van der Waals surface area contributed by atoms with E-state index in [0.717, 1.165) is 5.69 Å². The van der Waals surface area contributed by atoms with E-state index in [-0.39, 0.29) is 17.8 Å². The minimum atomic E-state index is -1.07. The van der Waals surface area contributed by atoms with E-state index in [2.05, 4.69) is 20.6 Å². The predicted molar refractivity (Wildman–Crippen MR) is 79.8 cm³/mol. The van der Waals surface area contributed by atoms with Crippen molar-refractivity contribution in [3.05, 3.63) is 32.7 Å². The van der Waals surface area contributed by atoms with Crippen molar-refractivity contribution in [2.45, 2.75) is 19.4 Å². The first-order valence-corrected chi connectivity index (χ1v) is 7.98. The molecule has 2 aromatic rings. The Labute approximate surface area is 129 Å². The van der Waals surface area contributed by atoms with Gasteiger partial charge in [-0.25, -0.2) is 19.6 Å².